The summed E-state index contributed by atoms with van der Waals surface area (Å²) in [5.41, 5.74) is 1.11. The number of nitro benzene ring substituents is 1. The summed E-state index contributed by atoms with van der Waals surface area (Å²) in [5.74, 6) is -1.20. The third-order valence-electron chi connectivity index (χ3n) is 4.78. The van der Waals surface area contributed by atoms with Gasteiger partial charge in [-0.05, 0) is 49.6 Å². The van der Waals surface area contributed by atoms with E-state index in [-0.39, 0.29) is 48.7 Å². The van der Waals surface area contributed by atoms with Gasteiger partial charge in [0.05, 0.1) is 11.5 Å². The average Bonchev–Trinajstić information content (AvgIpc) is 3.55. The lowest BCUT2D eigenvalue weighted by atomic mass is 10.1. The Bertz CT molecular complexity index is 945. The number of nitro groups is 1. The molecule has 0 unspecified atom stereocenters. The van der Waals surface area contributed by atoms with E-state index in [1.807, 2.05) is 0 Å². The highest BCUT2D eigenvalue weighted by Gasteiger charge is 2.26. The molecule has 0 saturated heterocycles. The minimum Gasteiger partial charge on any atom is -0.377 e. The number of hydrogen-bond acceptors (Lipinski definition) is 5. The second kappa shape index (κ2) is 9.34. The highest BCUT2D eigenvalue weighted by molar-refractivity contribution is 5.97. The van der Waals surface area contributed by atoms with Gasteiger partial charge in [-0.1, -0.05) is 12.1 Å². The van der Waals surface area contributed by atoms with Gasteiger partial charge in [-0.15, -0.1) is 0 Å². The molecule has 0 bridgehead atoms. The van der Waals surface area contributed by atoms with Crippen molar-refractivity contribution in [2.45, 2.75) is 32.4 Å². The lowest BCUT2D eigenvalue weighted by Gasteiger charge is -2.20. The molecule has 8 nitrogen and oxygen atoms in total. The fraction of sp³-hybridized carbons (Fsp3) is 0.333. The van der Waals surface area contributed by atoms with E-state index in [0.29, 0.717) is 5.69 Å². The van der Waals surface area contributed by atoms with Crippen LogP contribution in [0.25, 0.3) is 0 Å². The van der Waals surface area contributed by atoms with Crippen molar-refractivity contribution in [1.29, 1.82) is 0 Å². The molecule has 0 spiro atoms. The number of benzene rings is 2. The number of nitrogens with zero attached hydrogens (tertiary/aromatic N) is 2. The molecule has 3 rings (SSSR count). The van der Waals surface area contributed by atoms with Gasteiger partial charge in [0.25, 0.3) is 11.6 Å². The Morgan fingerprint density at radius 3 is 2.50 bits per heavy atom. The third kappa shape index (κ3) is 5.53. The first-order chi connectivity index (χ1) is 14.4. The zero-order valence-corrected chi connectivity index (χ0v) is 16.6. The van der Waals surface area contributed by atoms with Gasteiger partial charge < -0.3 is 15.5 Å². The Labute approximate surface area is 173 Å². The molecule has 1 fully saturated rings. The van der Waals surface area contributed by atoms with E-state index in [4.69, 9.17) is 0 Å². The monoisotopic (exact) mass is 414 g/mol. The smallest absolute Gasteiger partial charge is 0.293 e. The maximum Gasteiger partial charge on any atom is 0.293 e. The standard InChI is InChI=1S/C21H23FN4O4/c1-2-25(13-20(27)23-12-14-3-6-16(22)7-4-14)21(28)15-5-10-18(24-17-8-9-17)19(11-15)26(29)30/h3-7,10-11,17,24H,2,8-9,12-13H2,1H3,(H,23,27). The summed E-state index contributed by atoms with van der Waals surface area (Å²) >= 11 is 0. The van der Waals surface area contributed by atoms with E-state index in [0.717, 1.165) is 18.4 Å². The van der Waals surface area contributed by atoms with E-state index >= 15 is 0 Å². The normalized spacial score (nSPS) is 12.9. The first-order valence-corrected chi connectivity index (χ1v) is 9.72. The fourth-order valence-electron chi connectivity index (χ4n) is 2.93. The molecule has 158 valence electrons. The number of carbonyl (C=O) groups is 2. The van der Waals surface area contributed by atoms with Crippen molar-refractivity contribution in [1.82, 2.24) is 10.2 Å². The van der Waals surface area contributed by atoms with Crippen molar-refractivity contribution in [2.24, 2.45) is 0 Å². The predicted molar refractivity (Wildman–Crippen MR) is 110 cm³/mol. The first-order valence-electron chi connectivity index (χ1n) is 9.72. The molecule has 0 heterocycles. The molecule has 2 aromatic carbocycles. The summed E-state index contributed by atoms with van der Waals surface area (Å²) < 4.78 is 12.9. The lowest BCUT2D eigenvalue weighted by Crippen LogP contribution is -2.40. The molecule has 0 atom stereocenters. The summed E-state index contributed by atoms with van der Waals surface area (Å²) in [4.78, 5) is 37.3. The van der Waals surface area contributed by atoms with Gasteiger partial charge in [-0.3, -0.25) is 19.7 Å². The number of halogens is 1. The van der Waals surface area contributed by atoms with Gasteiger partial charge in [-0.2, -0.15) is 0 Å². The van der Waals surface area contributed by atoms with Crippen LogP contribution >= 0.6 is 0 Å². The SMILES string of the molecule is CCN(CC(=O)NCc1ccc(F)cc1)C(=O)c1ccc(NC2CC2)c([N+](=O)[O-])c1. The predicted octanol–water partition coefficient (Wildman–Crippen LogP) is 3.09. The van der Waals surface area contributed by atoms with Gasteiger partial charge in [0, 0.05) is 30.8 Å². The van der Waals surface area contributed by atoms with E-state index in [2.05, 4.69) is 10.6 Å². The third-order valence-corrected chi connectivity index (χ3v) is 4.78. The van der Waals surface area contributed by atoms with Gasteiger partial charge in [0.1, 0.15) is 11.5 Å². The summed E-state index contributed by atoms with van der Waals surface area (Å²) in [6, 6.07) is 10.3. The highest BCUT2D eigenvalue weighted by atomic mass is 19.1. The average molecular weight is 414 g/mol. The molecule has 2 aromatic rings. The summed E-state index contributed by atoms with van der Waals surface area (Å²) in [5, 5.41) is 17.2. The van der Waals surface area contributed by atoms with Crippen LogP contribution in [0.4, 0.5) is 15.8 Å². The van der Waals surface area contributed by atoms with Crippen LogP contribution in [0.1, 0.15) is 35.7 Å². The number of rotatable bonds is 9. The number of hydrogen-bond donors (Lipinski definition) is 2. The second-order valence-corrected chi connectivity index (χ2v) is 7.13. The largest absolute Gasteiger partial charge is 0.377 e. The van der Waals surface area contributed by atoms with Crippen LogP contribution in [0.15, 0.2) is 42.5 Å². The maximum atomic E-state index is 12.9. The molecular weight excluding hydrogens is 391 g/mol. The zero-order valence-electron chi connectivity index (χ0n) is 16.6. The number of anilines is 1. The topological polar surface area (TPSA) is 105 Å². The van der Waals surface area contributed by atoms with Gasteiger partial charge in [0.15, 0.2) is 0 Å². The minimum atomic E-state index is -0.521. The van der Waals surface area contributed by atoms with Gasteiger partial charge >= 0.3 is 0 Å². The zero-order chi connectivity index (χ0) is 21.7. The molecule has 1 aliphatic carbocycles. The van der Waals surface area contributed by atoms with E-state index < -0.39 is 10.8 Å². The molecule has 1 aliphatic rings. The Balaban J connectivity index is 1.64. The van der Waals surface area contributed by atoms with E-state index in [1.165, 1.54) is 35.2 Å². The van der Waals surface area contributed by atoms with E-state index in [9.17, 15) is 24.1 Å². The molecule has 9 heteroatoms. The van der Waals surface area contributed by atoms with Crippen LogP contribution in [0.3, 0.4) is 0 Å². The van der Waals surface area contributed by atoms with Crippen LogP contribution < -0.4 is 10.6 Å². The fourth-order valence-corrected chi connectivity index (χ4v) is 2.93. The summed E-state index contributed by atoms with van der Waals surface area (Å²) in [7, 11) is 0. The van der Waals surface area contributed by atoms with E-state index in [1.54, 1.807) is 19.1 Å². The quantitative estimate of drug-likeness (QED) is 0.485. The molecule has 0 radical (unpaired) electrons. The molecular formula is C21H23FN4O4. The number of carbonyl (C=O) groups excluding carboxylic acids is 2. The molecule has 0 aliphatic heterocycles. The van der Waals surface area contributed by atoms with Crippen LogP contribution in [0.2, 0.25) is 0 Å². The highest BCUT2D eigenvalue weighted by Crippen LogP contribution is 2.31. The molecule has 0 aromatic heterocycles. The van der Waals surface area contributed by atoms with Gasteiger partial charge in [-0.25, -0.2) is 4.39 Å². The molecule has 1 saturated carbocycles. The Morgan fingerprint density at radius 1 is 1.20 bits per heavy atom. The number of amides is 2. The second-order valence-electron chi connectivity index (χ2n) is 7.13. The van der Waals surface area contributed by atoms with Crippen LogP contribution in [0, 0.1) is 15.9 Å². The summed E-state index contributed by atoms with van der Waals surface area (Å²) in [6.45, 7) is 2.01. The molecule has 30 heavy (non-hydrogen) atoms. The Morgan fingerprint density at radius 2 is 1.90 bits per heavy atom. The Hall–Kier alpha value is -3.49. The maximum absolute atomic E-state index is 12.9. The lowest BCUT2D eigenvalue weighted by molar-refractivity contribution is -0.384. The molecule has 2 amide bonds. The summed E-state index contributed by atoms with van der Waals surface area (Å²) in [6.07, 6.45) is 1.93. The van der Waals surface area contributed by atoms with Crippen molar-refractivity contribution < 1.29 is 18.9 Å². The first kappa shape index (κ1) is 21.2. The minimum absolute atomic E-state index is 0.149. The van der Waals surface area contributed by atoms with Crippen LogP contribution in [-0.2, 0) is 11.3 Å². The number of nitrogens with one attached hydrogen (secondary N) is 2. The van der Waals surface area contributed by atoms with Gasteiger partial charge in [0.2, 0.25) is 5.91 Å². The Kier molecular flexibility index (Phi) is 6.61. The van der Waals surface area contributed by atoms with Crippen LogP contribution in [-0.4, -0.2) is 40.8 Å². The number of likely N-dealkylation sites (N-methyl/N-ethyl adjacent to an activating group) is 1. The van der Waals surface area contributed by atoms with Crippen molar-refractivity contribution >= 4 is 23.2 Å². The molecule has 2 N–H and O–H groups in total. The van der Waals surface area contributed by atoms with Crippen molar-refractivity contribution in [3.63, 3.8) is 0 Å². The van der Waals surface area contributed by atoms with Crippen LogP contribution in [0.5, 0.6) is 0 Å². The van der Waals surface area contributed by atoms with Crippen molar-refractivity contribution in [2.75, 3.05) is 18.4 Å². The van der Waals surface area contributed by atoms with Crippen molar-refractivity contribution in [3.8, 4) is 0 Å². The van der Waals surface area contributed by atoms with Crippen molar-refractivity contribution in [3.05, 3.63) is 69.5 Å².